The van der Waals surface area contributed by atoms with Crippen LogP contribution in [0, 0.1) is 83.1 Å². The zero-order chi connectivity index (χ0) is 39.3. The lowest BCUT2D eigenvalue weighted by molar-refractivity contribution is 0.590. The molecule has 0 unspecified atom stereocenters. The molecule has 0 aliphatic rings. The average Bonchev–Trinajstić information content (AvgIpc) is 3.08. The second-order valence-corrected chi connectivity index (χ2v) is 15.2. The minimum atomic E-state index is 0.285. The zero-order valence-electron chi connectivity index (χ0n) is 35.3. The summed E-state index contributed by atoms with van der Waals surface area (Å²) in [6.07, 6.45) is 0. The first kappa shape index (κ1) is 45.3. The Balaban J connectivity index is 0.000000314. The molecule has 276 valence electrons. The van der Waals surface area contributed by atoms with Crippen molar-refractivity contribution in [2.45, 2.75) is 109 Å². The van der Waals surface area contributed by atoms with Crippen molar-refractivity contribution in [1.82, 2.24) is 0 Å². The van der Waals surface area contributed by atoms with Crippen molar-refractivity contribution in [2.24, 2.45) is 0 Å². The number of hydrogen-bond acceptors (Lipinski definition) is 0. The van der Waals surface area contributed by atoms with E-state index in [9.17, 15) is 0 Å². The first-order valence-corrected chi connectivity index (χ1v) is 18.6. The Labute approximate surface area is 320 Å². The van der Waals surface area contributed by atoms with E-state index >= 15 is 0 Å². The maximum Gasteiger partial charge on any atom is -0.0132 e. The molecule has 0 aromatic heterocycles. The first-order valence-electron chi connectivity index (χ1n) is 18.6. The summed E-state index contributed by atoms with van der Waals surface area (Å²) in [7, 11) is 0. The predicted octanol–water partition coefficient (Wildman–Crippen LogP) is 15.1. The van der Waals surface area contributed by atoms with Gasteiger partial charge in [0.2, 0.25) is 0 Å². The lowest BCUT2D eigenvalue weighted by Gasteiger charge is -2.18. The van der Waals surface area contributed by atoms with Crippen LogP contribution in [0.2, 0.25) is 0 Å². The number of rotatable bonds is 0. The van der Waals surface area contributed by atoms with Crippen LogP contribution in [0.5, 0.6) is 0 Å². The molecule has 0 fully saturated rings. The van der Waals surface area contributed by atoms with Crippen LogP contribution in [0.4, 0.5) is 0 Å². The van der Waals surface area contributed by atoms with Gasteiger partial charge < -0.3 is 0 Å². The fourth-order valence-electron chi connectivity index (χ4n) is 4.95. The van der Waals surface area contributed by atoms with Crippen molar-refractivity contribution in [3.63, 3.8) is 0 Å². The standard InChI is InChI=1S/C11H16.C10H14.3C8H10.C7H8/c1-9-5-7-10(8-6-9)11(2,3)4;1-7-5-8(2)10(4)9(3)6-7;1-7-3-5-8(2)6-4-7;1-7-4-3-5-8(2)6-7;1-7-5-3-4-6-8(7)2;1-7-5-3-2-4-6-7/h5-8H,1-4H3;5-6H,1-4H3;3*3-6H,1-2H3;2-6H,1H3. The highest BCUT2D eigenvalue weighted by Crippen LogP contribution is 2.21. The molecule has 52 heavy (non-hydrogen) atoms. The van der Waals surface area contributed by atoms with Crippen molar-refractivity contribution in [3.8, 4) is 0 Å². The third kappa shape index (κ3) is 20.2. The van der Waals surface area contributed by atoms with Crippen molar-refractivity contribution in [2.75, 3.05) is 0 Å². The van der Waals surface area contributed by atoms with Gasteiger partial charge in [-0.25, -0.2) is 0 Å². The maximum atomic E-state index is 2.23. The molecule has 0 radical (unpaired) electrons. The second kappa shape index (κ2) is 23.7. The Morgan fingerprint density at radius 3 is 0.885 bits per heavy atom. The average molecular weight is 693 g/mol. The van der Waals surface area contributed by atoms with Crippen LogP contribution in [0.25, 0.3) is 0 Å². The maximum absolute atomic E-state index is 2.23. The van der Waals surface area contributed by atoms with Crippen LogP contribution < -0.4 is 0 Å². The molecular weight excluding hydrogens is 625 g/mol. The number of hydrogen-bond donors (Lipinski definition) is 0. The molecule has 0 bridgehead atoms. The van der Waals surface area contributed by atoms with E-state index in [1.54, 1.807) is 0 Å². The summed E-state index contributed by atoms with van der Waals surface area (Å²) in [6, 6.07) is 48.7. The summed E-state index contributed by atoms with van der Waals surface area (Å²) in [5.74, 6) is 0. The van der Waals surface area contributed by atoms with Gasteiger partial charge in [-0.2, -0.15) is 0 Å². The van der Waals surface area contributed by atoms with Gasteiger partial charge in [0.25, 0.3) is 0 Å². The van der Waals surface area contributed by atoms with Crippen LogP contribution in [0.1, 0.15) is 93.1 Å². The highest BCUT2D eigenvalue weighted by atomic mass is 14.2. The first-order chi connectivity index (χ1) is 24.4. The van der Waals surface area contributed by atoms with Crippen molar-refractivity contribution in [3.05, 3.63) is 212 Å². The largest absolute Gasteiger partial charge is 0.0622 e. The van der Waals surface area contributed by atoms with Crippen LogP contribution in [-0.4, -0.2) is 0 Å². The fraction of sp³-hybridized carbons (Fsp3) is 0.308. The Hall–Kier alpha value is -4.68. The molecule has 0 saturated carbocycles. The van der Waals surface area contributed by atoms with Crippen molar-refractivity contribution >= 4 is 0 Å². The normalized spacial score (nSPS) is 9.83. The van der Waals surface area contributed by atoms with E-state index < -0.39 is 0 Å². The minimum absolute atomic E-state index is 0.285. The molecule has 0 saturated heterocycles. The molecule has 0 spiro atoms. The molecule has 0 heteroatoms. The van der Waals surface area contributed by atoms with Gasteiger partial charge in [-0.05, 0) is 122 Å². The Bertz CT molecular complexity index is 1750. The zero-order valence-corrected chi connectivity index (χ0v) is 35.3. The van der Waals surface area contributed by atoms with Gasteiger partial charge in [-0.3, -0.25) is 0 Å². The summed E-state index contributed by atoms with van der Waals surface area (Å²) in [6.45, 7) is 32.2. The van der Waals surface area contributed by atoms with E-state index in [0.29, 0.717) is 0 Å². The molecule has 0 N–H and O–H groups in total. The Morgan fingerprint density at radius 2 is 0.596 bits per heavy atom. The lowest BCUT2D eigenvalue weighted by atomic mass is 9.87. The van der Waals surface area contributed by atoms with Crippen molar-refractivity contribution in [1.29, 1.82) is 0 Å². The molecule has 0 nitrogen and oxygen atoms in total. The predicted molar refractivity (Wildman–Crippen MR) is 234 cm³/mol. The molecule has 0 atom stereocenters. The van der Waals surface area contributed by atoms with Gasteiger partial charge in [-0.1, -0.05) is 199 Å². The van der Waals surface area contributed by atoms with E-state index in [1.807, 2.05) is 18.2 Å². The molecule has 0 heterocycles. The second-order valence-electron chi connectivity index (χ2n) is 15.2. The van der Waals surface area contributed by atoms with Gasteiger partial charge in [0, 0.05) is 0 Å². The number of aryl methyl sites for hydroxylation is 11. The van der Waals surface area contributed by atoms with E-state index in [1.165, 1.54) is 72.3 Å². The molecule has 6 rings (SSSR count). The van der Waals surface area contributed by atoms with Crippen LogP contribution in [0.3, 0.4) is 0 Å². The molecule has 0 aliphatic carbocycles. The lowest BCUT2D eigenvalue weighted by Crippen LogP contribution is -2.10. The summed E-state index contributed by atoms with van der Waals surface area (Å²) in [4.78, 5) is 0. The van der Waals surface area contributed by atoms with Gasteiger partial charge in [-0.15, -0.1) is 0 Å². The van der Waals surface area contributed by atoms with E-state index in [2.05, 4.69) is 225 Å². The Morgan fingerprint density at radius 1 is 0.269 bits per heavy atom. The van der Waals surface area contributed by atoms with Crippen molar-refractivity contribution < 1.29 is 0 Å². The Kier molecular flexibility index (Phi) is 20.7. The van der Waals surface area contributed by atoms with Crippen LogP contribution in [-0.2, 0) is 5.41 Å². The summed E-state index contributed by atoms with van der Waals surface area (Å²) >= 11 is 0. The molecular formula is C52H68. The summed E-state index contributed by atoms with van der Waals surface area (Å²) < 4.78 is 0. The fourth-order valence-corrected chi connectivity index (χ4v) is 4.95. The number of benzene rings is 6. The van der Waals surface area contributed by atoms with Gasteiger partial charge in [0.05, 0.1) is 0 Å². The summed E-state index contributed by atoms with van der Waals surface area (Å²) in [5, 5.41) is 0. The molecule has 6 aromatic rings. The van der Waals surface area contributed by atoms with Gasteiger partial charge >= 0.3 is 0 Å². The quantitative estimate of drug-likeness (QED) is 0.149. The van der Waals surface area contributed by atoms with E-state index in [-0.39, 0.29) is 5.41 Å². The van der Waals surface area contributed by atoms with Crippen LogP contribution >= 0.6 is 0 Å². The highest BCUT2D eigenvalue weighted by molar-refractivity contribution is 5.36. The third-order valence-electron chi connectivity index (χ3n) is 8.75. The highest BCUT2D eigenvalue weighted by Gasteiger charge is 2.11. The topological polar surface area (TPSA) is 0 Å². The molecule has 0 aliphatic heterocycles. The summed E-state index contributed by atoms with van der Waals surface area (Å²) in [5.41, 5.74) is 18.0. The SMILES string of the molecule is Cc1cc(C)c(C)c(C)c1.Cc1ccc(C(C)(C)C)cc1.Cc1ccc(C)cc1.Cc1cccc(C)c1.Cc1ccccc1.Cc1ccccc1C. The molecule has 6 aromatic carbocycles. The monoisotopic (exact) mass is 693 g/mol. The van der Waals surface area contributed by atoms with Crippen LogP contribution in [0.15, 0.2) is 140 Å². The van der Waals surface area contributed by atoms with Gasteiger partial charge in [0.15, 0.2) is 0 Å². The van der Waals surface area contributed by atoms with E-state index in [4.69, 9.17) is 0 Å². The van der Waals surface area contributed by atoms with Gasteiger partial charge in [0.1, 0.15) is 0 Å². The smallest absolute Gasteiger partial charge is 0.0132 e. The molecule has 0 amide bonds. The minimum Gasteiger partial charge on any atom is -0.0622 e. The van der Waals surface area contributed by atoms with E-state index in [0.717, 1.165) is 0 Å². The third-order valence-corrected chi connectivity index (χ3v) is 8.75.